The smallest absolute Gasteiger partial charge is 0.145 e. The van der Waals surface area contributed by atoms with E-state index in [4.69, 9.17) is 15.7 Å². The van der Waals surface area contributed by atoms with Crippen LogP contribution in [0.3, 0.4) is 0 Å². The number of nitrogens with zero attached hydrogens (tertiary/aromatic N) is 1. The molecule has 3 N–H and O–H groups in total. The van der Waals surface area contributed by atoms with Crippen molar-refractivity contribution in [1.82, 2.24) is 0 Å². The van der Waals surface area contributed by atoms with Crippen molar-refractivity contribution in [3.8, 4) is 11.8 Å². The second-order valence-corrected chi connectivity index (χ2v) is 3.73. The number of anilines is 2. The van der Waals surface area contributed by atoms with E-state index < -0.39 is 0 Å². The molecule has 0 saturated carbocycles. The Morgan fingerprint density at radius 1 is 1.60 bits per heavy atom. The molecule has 1 aromatic carbocycles. The first-order valence-electron chi connectivity index (χ1n) is 4.93. The molecule has 4 heteroatoms. The van der Waals surface area contributed by atoms with Gasteiger partial charge in [-0.25, -0.2) is 0 Å². The van der Waals surface area contributed by atoms with Gasteiger partial charge in [-0.3, -0.25) is 0 Å². The van der Waals surface area contributed by atoms with Gasteiger partial charge < -0.3 is 15.8 Å². The molecule has 0 amide bonds. The van der Waals surface area contributed by atoms with Crippen LogP contribution in [0.15, 0.2) is 12.1 Å². The number of nitrogen functional groups attached to an aromatic ring is 1. The Balaban J connectivity index is 2.48. The van der Waals surface area contributed by atoms with Crippen molar-refractivity contribution in [2.24, 2.45) is 0 Å². The van der Waals surface area contributed by atoms with Gasteiger partial charge in [0.05, 0.1) is 23.9 Å². The third-order valence-electron chi connectivity index (χ3n) is 2.46. The zero-order valence-electron chi connectivity index (χ0n) is 8.58. The van der Waals surface area contributed by atoms with Crippen molar-refractivity contribution in [3.05, 3.63) is 17.7 Å². The van der Waals surface area contributed by atoms with Crippen LogP contribution < -0.4 is 15.8 Å². The summed E-state index contributed by atoms with van der Waals surface area (Å²) in [6.45, 7) is 2.73. The fourth-order valence-corrected chi connectivity index (χ4v) is 1.63. The molecule has 0 bridgehead atoms. The number of fused-ring (bicyclic) bond motifs is 1. The van der Waals surface area contributed by atoms with Crippen LogP contribution in [0.2, 0.25) is 0 Å². The minimum atomic E-state index is 0.335. The van der Waals surface area contributed by atoms with Gasteiger partial charge in [0.2, 0.25) is 0 Å². The van der Waals surface area contributed by atoms with Crippen molar-refractivity contribution in [2.45, 2.75) is 19.4 Å². The number of benzene rings is 1. The molecular weight excluding hydrogens is 190 g/mol. The van der Waals surface area contributed by atoms with Crippen LogP contribution in [-0.4, -0.2) is 12.6 Å². The fourth-order valence-electron chi connectivity index (χ4n) is 1.63. The van der Waals surface area contributed by atoms with Crippen molar-refractivity contribution in [2.75, 3.05) is 17.7 Å². The average molecular weight is 203 g/mol. The molecule has 0 unspecified atom stereocenters. The number of rotatable bonds is 0. The number of hydrogen-bond acceptors (Lipinski definition) is 4. The predicted molar refractivity (Wildman–Crippen MR) is 58.8 cm³/mol. The zero-order chi connectivity index (χ0) is 10.8. The van der Waals surface area contributed by atoms with Gasteiger partial charge in [0, 0.05) is 18.5 Å². The SMILES string of the molecule is C[C@H]1CCOc2cc(C#N)cc(N)c2N1. The van der Waals surface area contributed by atoms with Crippen LogP contribution in [0.5, 0.6) is 5.75 Å². The molecule has 78 valence electrons. The maximum Gasteiger partial charge on any atom is 0.145 e. The highest BCUT2D eigenvalue weighted by Crippen LogP contribution is 2.34. The van der Waals surface area contributed by atoms with E-state index in [9.17, 15) is 0 Å². The predicted octanol–water partition coefficient (Wildman–Crippen LogP) is 1.72. The molecule has 0 fully saturated rings. The highest BCUT2D eigenvalue weighted by Gasteiger charge is 2.16. The van der Waals surface area contributed by atoms with Crippen molar-refractivity contribution in [1.29, 1.82) is 5.26 Å². The quantitative estimate of drug-likeness (QED) is 0.630. The second-order valence-electron chi connectivity index (χ2n) is 3.73. The van der Waals surface area contributed by atoms with Crippen molar-refractivity contribution in [3.63, 3.8) is 0 Å². The average Bonchev–Trinajstić information content (AvgIpc) is 2.39. The number of nitrogens with one attached hydrogen (secondary N) is 1. The van der Waals surface area contributed by atoms with E-state index in [1.165, 1.54) is 0 Å². The molecule has 0 aromatic heterocycles. The molecule has 1 atom stereocenters. The lowest BCUT2D eigenvalue weighted by Gasteiger charge is -2.13. The monoisotopic (exact) mass is 203 g/mol. The van der Waals surface area contributed by atoms with Gasteiger partial charge in [-0.15, -0.1) is 0 Å². The van der Waals surface area contributed by atoms with Gasteiger partial charge in [0.1, 0.15) is 11.4 Å². The summed E-state index contributed by atoms with van der Waals surface area (Å²) in [7, 11) is 0. The lowest BCUT2D eigenvalue weighted by molar-refractivity contribution is 0.314. The minimum absolute atomic E-state index is 0.335. The van der Waals surface area contributed by atoms with Crippen LogP contribution in [0.25, 0.3) is 0 Å². The van der Waals surface area contributed by atoms with E-state index in [1.54, 1.807) is 12.1 Å². The Hall–Kier alpha value is -1.89. The summed E-state index contributed by atoms with van der Waals surface area (Å²) < 4.78 is 5.55. The standard InChI is InChI=1S/C11H13N3O/c1-7-2-3-15-10-5-8(6-12)4-9(13)11(10)14-7/h4-5,7,14H,2-3,13H2,1H3/t7-/m0/s1. The Morgan fingerprint density at radius 2 is 2.40 bits per heavy atom. The van der Waals surface area contributed by atoms with Crippen LogP contribution in [0.1, 0.15) is 18.9 Å². The first-order valence-corrected chi connectivity index (χ1v) is 4.93. The van der Waals surface area contributed by atoms with Crippen LogP contribution in [-0.2, 0) is 0 Å². The Morgan fingerprint density at radius 3 is 3.13 bits per heavy atom. The normalized spacial score (nSPS) is 19.1. The topological polar surface area (TPSA) is 71.1 Å². The van der Waals surface area contributed by atoms with Crippen molar-refractivity contribution >= 4 is 11.4 Å². The maximum atomic E-state index is 8.80. The highest BCUT2D eigenvalue weighted by atomic mass is 16.5. The van der Waals surface area contributed by atoms with E-state index in [1.807, 2.05) is 0 Å². The number of nitrogens with two attached hydrogens (primary N) is 1. The molecule has 2 rings (SSSR count). The Labute approximate surface area is 88.6 Å². The number of hydrogen-bond donors (Lipinski definition) is 2. The molecule has 0 spiro atoms. The summed E-state index contributed by atoms with van der Waals surface area (Å²) in [6, 6.07) is 5.78. The van der Waals surface area contributed by atoms with Gasteiger partial charge >= 0.3 is 0 Å². The Bertz CT molecular complexity index is 423. The first-order chi connectivity index (χ1) is 7.20. The molecule has 0 aliphatic carbocycles. The van der Waals surface area contributed by atoms with Crippen LogP contribution in [0, 0.1) is 11.3 Å². The van der Waals surface area contributed by atoms with Crippen LogP contribution in [0.4, 0.5) is 11.4 Å². The maximum absolute atomic E-state index is 8.80. The third kappa shape index (κ3) is 1.82. The van der Waals surface area contributed by atoms with Gasteiger partial charge in [-0.1, -0.05) is 0 Å². The highest BCUT2D eigenvalue weighted by molar-refractivity contribution is 5.76. The molecular formula is C11H13N3O. The molecule has 15 heavy (non-hydrogen) atoms. The van der Waals surface area contributed by atoms with Gasteiger partial charge in [0.25, 0.3) is 0 Å². The molecule has 1 aromatic rings. The fraction of sp³-hybridized carbons (Fsp3) is 0.364. The largest absolute Gasteiger partial charge is 0.491 e. The lowest BCUT2D eigenvalue weighted by atomic mass is 10.1. The number of nitriles is 1. The third-order valence-corrected chi connectivity index (χ3v) is 2.46. The van der Waals surface area contributed by atoms with Gasteiger partial charge in [-0.05, 0) is 13.0 Å². The Kier molecular flexibility index (Phi) is 2.38. The summed E-state index contributed by atoms with van der Waals surface area (Å²) in [5, 5.41) is 12.1. The molecule has 0 saturated heterocycles. The lowest BCUT2D eigenvalue weighted by Crippen LogP contribution is -2.15. The van der Waals surface area contributed by atoms with Crippen molar-refractivity contribution < 1.29 is 4.74 Å². The van der Waals surface area contributed by atoms with E-state index in [0.29, 0.717) is 29.6 Å². The molecule has 1 aliphatic heterocycles. The second kappa shape index (κ2) is 3.70. The number of ether oxygens (including phenoxy) is 1. The molecule has 1 heterocycles. The summed E-state index contributed by atoms with van der Waals surface area (Å²) in [5.74, 6) is 0.677. The van der Waals surface area contributed by atoms with E-state index in [-0.39, 0.29) is 0 Å². The van der Waals surface area contributed by atoms with Gasteiger partial charge in [-0.2, -0.15) is 5.26 Å². The molecule has 0 radical (unpaired) electrons. The summed E-state index contributed by atoms with van der Waals surface area (Å²) in [4.78, 5) is 0. The molecule has 4 nitrogen and oxygen atoms in total. The van der Waals surface area contributed by atoms with Crippen LogP contribution >= 0.6 is 0 Å². The van der Waals surface area contributed by atoms with E-state index in [0.717, 1.165) is 12.1 Å². The summed E-state index contributed by atoms with van der Waals surface area (Å²) in [6.07, 6.45) is 0.927. The van der Waals surface area contributed by atoms with E-state index >= 15 is 0 Å². The summed E-state index contributed by atoms with van der Waals surface area (Å²) >= 11 is 0. The minimum Gasteiger partial charge on any atom is -0.491 e. The molecule has 1 aliphatic rings. The summed E-state index contributed by atoms with van der Waals surface area (Å²) in [5.41, 5.74) is 7.76. The zero-order valence-corrected chi connectivity index (χ0v) is 8.58. The van der Waals surface area contributed by atoms with Gasteiger partial charge in [0.15, 0.2) is 0 Å². The first kappa shape index (κ1) is 9.66. The van der Waals surface area contributed by atoms with E-state index in [2.05, 4.69) is 18.3 Å².